The molecule has 0 aromatic carbocycles. The van der Waals surface area contributed by atoms with E-state index in [0.717, 1.165) is 19.5 Å². The molecular formula is C10H20ClN3O2. The molecule has 0 spiro atoms. The maximum absolute atomic E-state index is 11.4. The number of amides is 2. The van der Waals surface area contributed by atoms with Crippen LogP contribution in [0.25, 0.3) is 0 Å². The fourth-order valence-corrected chi connectivity index (χ4v) is 1.65. The Hall–Kier alpha value is -0.810. The van der Waals surface area contributed by atoms with E-state index in [9.17, 15) is 9.59 Å². The zero-order chi connectivity index (χ0) is 11.3. The summed E-state index contributed by atoms with van der Waals surface area (Å²) < 4.78 is 0. The number of carbonyl (C=O) groups excluding carboxylic acids is 2. The molecule has 1 fully saturated rings. The van der Waals surface area contributed by atoms with Gasteiger partial charge in [0.05, 0.1) is 6.54 Å². The molecule has 0 radical (unpaired) electrons. The van der Waals surface area contributed by atoms with Crippen molar-refractivity contribution in [1.29, 1.82) is 0 Å². The molecule has 3 N–H and O–H groups in total. The quantitative estimate of drug-likeness (QED) is 0.641. The molecule has 1 heterocycles. The summed E-state index contributed by atoms with van der Waals surface area (Å²) in [5.74, 6) is 0.193. The third kappa shape index (κ3) is 5.32. The van der Waals surface area contributed by atoms with Crippen molar-refractivity contribution in [3.8, 4) is 0 Å². The van der Waals surface area contributed by atoms with Gasteiger partial charge in [0, 0.05) is 19.5 Å². The molecule has 5 nitrogen and oxygen atoms in total. The lowest BCUT2D eigenvalue weighted by Crippen LogP contribution is -2.52. The molecule has 2 atom stereocenters. The maximum Gasteiger partial charge on any atom is 0.239 e. The normalized spacial score (nSPS) is 24.1. The highest BCUT2D eigenvalue weighted by atomic mass is 35.5. The second-order valence-corrected chi connectivity index (χ2v) is 4.05. The van der Waals surface area contributed by atoms with Crippen LogP contribution in [0.2, 0.25) is 0 Å². The summed E-state index contributed by atoms with van der Waals surface area (Å²) in [4.78, 5) is 22.0. The molecular weight excluding hydrogens is 230 g/mol. The lowest BCUT2D eigenvalue weighted by Gasteiger charge is -2.30. The van der Waals surface area contributed by atoms with Gasteiger partial charge in [-0.15, -0.1) is 12.4 Å². The first kappa shape index (κ1) is 15.2. The Bertz CT molecular complexity index is 248. The predicted octanol–water partition coefficient (Wildman–Crippen LogP) is -0.341. The minimum atomic E-state index is -0.181. The number of carbonyl (C=O) groups is 2. The van der Waals surface area contributed by atoms with Gasteiger partial charge < -0.3 is 16.0 Å². The lowest BCUT2D eigenvalue weighted by atomic mass is 9.95. The van der Waals surface area contributed by atoms with Crippen LogP contribution in [0.4, 0.5) is 0 Å². The van der Waals surface area contributed by atoms with Gasteiger partial charge >= 0.3 is 0 Å². The number of hydrogen-bond donors (Lipinski definition) is 3. The average Bonchev–Trinajstić information content (AvgIpc) is 2.18. The van der Waals surface area contributed by atoms with Gasteiger partial charge in [0.25, 0.3) is 0 Å². The van der Waals surface area contributed by atoms with E-state index in [0.29, 0.717) is 5.92 Å². The number of hydrogen-bond acceptors (Lipinski definition) is 3. The minimum Gasteiger partial charge on any atom is -0.350 e. The molecule has 1 saturated heterocycles. The largest absolute Gasteiger partial charge is 0.350 e. The van der Waals surface area contributed by atoms with E-state index in [1.807, 2.05) is 0 Å². The van der Waals surface area contributed by atoms with Crippen LogP contribution in [-0.4, -0.2) is 37.5 Å². The summed E-state index contributed by atoms with van der Waals surface area (Å²) in [6.45, 7) is 5.42. The topological polar surface area (TPSA) is 70.2 Å². The van der Waals surface area contributed by atoms with E-state index in [1.54, 1.807) is 0 Å². The molecule has 16 heavy (non-hydrogen) atoms. The highest BCUT2D eigenvalue weighted by molar-refractivity contribution is 5.85. The van der Waals surface area contributed by atoms with Gasteiger partial charge in [-0.2, -0.15) is 0 Å². The van der Waals surface area contributed by atoms with Crippen LogP contribution < -0.4 is 16.0 Å². The van der Waals surface area contributed by atoms with E-state index >= 15 is 0 Å². The van der Waals surface area contributed by atoms with E-state index < -0.39 is 0 Å². The van der Waals surface area contributed by atoms with E-state index in [2.05, 4.69) is 22.9 Å². The van der Waals surface area contributed by atoms with Crippen molar-refractivity contribution in [3.05, 3.63) is 0 Å². The van der Waals surface area contributed by atoms with Crippen LogP contribution in [-0.2, 0) is 9.59 Å². The molecule has 0 aromatic rings. The third-order valence-electron chi connectivity index (χ3n) is 2.67. The molecule has 2 unspecified atom stereocenters. The van der Waals surface area contributed by atoms with Gasteiger partial charge in [0.1, 0.15) is 0 Å². The number of halogens is 1. The molecule has 0 aliphatic carbocycles. The average molecular weight is 250 g/mol. The highest BCUT2D eigenvalue weighted by Gasteiger charge is 2.22. The molecule has 0 saturated carbocycles. The fraction of sp³-hybridized carbons (Fsp3) is 0.800. The summed E-state index contributed by atoms with van der Waals surface area (Å²) in [6.07, 6.45) is 1.07. The first-order valence-corrected chi connectivity index (χ1v) is 5.34. The lowest BCUT2D eigenvalue weighted by molar-refractivity contribution is -0.125. The summed E-state index contributed by atoms with van der Waals surface area (Å²) in [5.41, 5.74) is 0. The highest BCUT2D eigenvalue weighted by Crippen LogP contribution is 2.10. The monoisotopic (exact) mass is 249 g/mol. The zero-order valence-corrected chi connectivity index (χ0v) is 10.5. The summed E-state index contributed by atoms with van der Waals surface area (Å²) in [6, 6.07) is 0.181. The van der Waals surface area contributed by atoms with Gasteiger partial charge in [0.2, 0.25) is 11.8 Å². The van der Waals surface area contributed by atoms with Crippen LogP contribution in [0.1, 0.15) is 20.3 Å². The fourth-order valence-electron chi connectivity index (χ4n) is 1.65. The van der Waals surface area contributed by atoms with Crippen LogP contribution in [0.3, 0.4) is 0 Å². The van der Waals surface area contributed by atoms with E-state index in [1.165, 1.54) is 6.92 Å². The molecule has 2 amide bonds. The zero-order valence-electron chi connectivity index (χ0n) is 9.71. The van der Waals surface area contributed by atoms with Gasteiger partial charge in [-0.05, 0) is 18.9 Å². The molecule has 94 valence electrons. The maximum atomic E-state index is 11.4. The van der Waals surface area contributed by atoms with Crippen molar-refractivity contribution in [1.82, 2.24) is 16.0 Å². The Morgan fingerprint density at radius 2 is 2.12 bits per heavy atom. The van der Waals surface area contributed by atoms with Crippen molar-refractivity contribution in [3.63, 3.8) is 0 Å². The SMILES string of the molecule is CC(=O)NCC(=O)NC1CNCCC1C.Cl. The molecule has 1 rings (SSSR count). The second-order valence-electron chi connectivity index (χ2n) is 4.05. The Morgan fingerprint density at radius 3 is 2.69 bits per heavy atom. The van der Waals surface area contributed by atoms with Crippen molar-refractivity contribution < 1.29 is 9.59 Å². The number of rotatable bonds is 3. The van der Waals surface area contributed by atoms with Crippen molar-refractivity contribution >= 4 is 24.2 Å². The molecule has 0 bridgehead atoms. The van der Waals surface area contributed by atoms with Crippen molar-refractivity contribution in [2.24, 2.45) is 5.92 Å². The van der Waals surface area contributed by atoms with Crippen molar-refractivity contribution in [2.75, 3.05) is 19.6 Å². The molecule has 1 aliphatic heterocycles. The van der Waals surface area contributed by atoms with Crippen LogP contribution in [0.5, 0.6) is 0 Å². The third-order valence-corrected chi connectivity index (χ3v) is 2.67. The standard InChI is InChI=1S/C10H19N3O2.ClH/c1-7-3-4-11-5-9(7)13-10(15)6-12-8(2)14;/h7,9,11H,3-6H2,1-2H3,(H,12,14)(H,13,15);1H. The first-order valence-electron chi connectivity index (χ1n) is 5.34. The van der Waals surface area contributed by atoms with E-state index in [4.69, 9.17) is 0 Å². The van der Waals surface area contributed by atoms with Gasteiger partial charge in [-0.25, -0.2) is 0 Å². The number of piperidine rings is 1. The Balaban J connectivity index is 0.00000225. The van der Waals surface area contributed by atoms with Crippen LogP contribution >= 0.6 is 12.4 Å². The van der Waals surface area contributed by atoms with Gasteiger partial charge in [-0.1, -0.05) is 6.92 Å². The van der Waals surface area contributed by atoms with Crippen LogP contribution in [0, 0.1) is 5.92 Å². The Kier molecular flexibility index (Phi) is 7.08. The Morgan fingerprint density at radius 1 is 1.44 bits per heavy atom. The minimum absolute atomic E-state index is 0. The predicted molar refractivity (Wildman–Crippen MR) is 64.5 cm³/mol. The second kappa shape index (κ2) is 7.46. The summed E-state index contributed by atoms with van der Waals surface area (Å²) >= 11 is 0. The van der Waals surface area contributed by atoms with Gasteiger partial charge in [0.15, 0.2) is 0 Å². The van der Waals surface area contributed by atoms with Crippen LogP contribution in [0.15, 0.2) is 0 Å². The summed E-state index contributed by atoms with van der Waals surface area (Å²) in [5, 5.41) is 8.62. The van der Waals surface area contributed by atoms with Crippen molar-refractivity contribution in [2.45, 2.75) is 26.3 Å². The van der Waals surface area contributed by atoms with Gasteiger partial charge in [-0.3, -0.25) is 9.59 Å². The number of nitrogens with one attached hydrogen (secondary N) is 3. The summed E-state index contributed by atoms with van der Waals surface area (Å²) in [7, 11) is 0. The van der Waals surface area contributed by atoms with E-state index in [-0.39, 0.29) is 36.8 Å². The molecule has 6 heteroatoms. The molecule has 0 aromatic heterocycles. The smallest absolute Gasteiger partial charge is 0.239 e. The molecule has 1 aliphatic rings. The Labute approximate surface area is 102 Å². The first-order chi connectivity index (χ1) is 7.09.